The van der Waals surface area contributed by atoms with E-state index in [1.165, 1.54) is 12.1 Å². The lowest BCUT2D eigenvalue weighted by molar-refractivity contribution is -0.134. The number of nitrogens with one attached hydrogen (secondary N) is 1. The van der Waals surface area contributed by atoms with Crippen LogP contribution in [0.4, 0.5) is 10.1 Å². The van der Waals surface area contributed by atoms with Crippen LogP contribution in [0.25, 0.3) is 0 Å². The summed E-state index contributed by atoms with van der Waals surface area (Å²) in [6, 6.07) is 3.58. The fraction of sp³-hybridized carbons (Fsp3) is 0.125. The van der Waals surface area contributed by atoms with Crippen molar-refractivity contribution in [3.63, 3.8) is 0 Å². The van der Waals surface area contributed by atoms with E-state index >= 15 is 0 Å². The Morgan fingerprint density at radius 2 is 2.12 bits per heavy atom. The summed E-state index contributed by atoms with van der Waals surface area (Å²) in [6.45, 7) is 0. The van der Waals surface area contributed by atoms with Crippen molar-refractivity contribution < 1.29 is 22.7 Å². The molecule has 0 saturated carbocycles. The van der Waals surface area contributed by atoms with Crippen LogP contribution in [-0.2, 0) is 14.8 Å². The SMILES string of the molecule is O=C(O)CS(=O)(=O)Nc1c(F)cccc1Cl. The molecule has 5 nitrogen and oxygen atoms in total. The maximum atomic E-state index is 13.2. The summed E-state index contributed by atoms with van der Waals surface area (Å²) in [7, 11) is -4.15. The maximum Gasteiger partial charge on any atom is 0.320 e. The second-order valence-corrected chi connectivity index (χ2v) is 4.98. The largest absolute Gasteiger partial charge is 0.480 e. The van der Waals surface area contributed by atoms with E-state index < -0.39 is 33.3 Å². The number of aliphatic carboxylic acids is 1. The van der Waals surface area contributed by atoms with Gasteiger partial charge in [-0.25, -0.2) is 12.8 Å². The summed E-state index contributed by atoms with van der Waals surface area (Å²) in [4.78, 5) is 10.2. The molecule has 0 aliphatic rings. The molecule has 0 heterocycles. The number of hydrogen-bond acceptors (Lipinski definition) is 3. The van der Waals surface area contributed by atoms with Crippen molar-refractivity contribution in [1.29, 1.82) is 0 Å². The van der Waals surface area contributed by atoms with Crippen LogP contribution >= 0.6 is 11.6 Å². The molecule has 88 valence electrons. The van der Waals surface area contributed by atoms with Gasteiger partial charge in [-0.2, -0.15) is 0 Å². The third kappa shape index (κ3) is 3.35. The van der Waals surface area contributed by atoms with Gasteiger partial charge in [0.2, 0.25) is 10.0 Å². The maximum absolute atomic E-state index is 13.2. The lowest BCUT2D eigenvalue weighted by Gasteiger charge is -2.08. The summed E-state index contributed by atoms with van der Waals surface area (Å²) in [5.41, 5.74) is -0.453. The third-order valence-corrected chi connectivity index (χ3v) is 2.99. The highest BCUT2D eigenvalue weighted by atomic mass is 35.5. The minimum absolute atomic E-state index is 0.144. The van der Waals surface area contributed by atoms with Crippen molar-refractivity contribution in [2.24, 2.45) is 0 Å². The van der Waals surface area contributed by atoms with Crippen molar-refractivity contribution in [2.45, 2.75) is 0 Å². The molecule has 0 atom stereocenters. The number of carbonyl (C=O) groups is 1. The Hall–Kier alpha value is -1.34. The van der Waals surface area contributed by atoms with E-state index in [4.69, 9.17) is 16.7 Å². The molecule has 1 aromatic carbocycles. The Morgan fingerprint density at radius 1 is 1.50 bits per heavy atom. The molecule has 0 aliphatic heterocycles. The predicted octanol–water partition coefficient (Wildman–Crippen LogP) is 1.31. The molecular weight excluding hydrogens is 261 g/mol. The molecule has 0 aromatic heterocycles. The fourth-order valence-electron chi connectivity index (χ4n) is 0.949. The molecule has 2 N–H and O–H groups in total. The summed E-state index contributed by atoms with van der Waals surface area (Å²) >= 11 is 5.56. The Kier molecular flexibility index (Phi) is 3.71. The van der Waals surface area contributed by atoms with Gasteiger partial charge in [0.1, 0.15) is 11.5 Å². The van der Waals surface area contributed by atoms with Gasteiger partial charge < -0.3 is 5.11 Å². The average molecular weight is 268 g/mol. The highest BCUT2D eigenvalue weighted by molar-refractivity contribution is 7.93. The first-order chi connectivity index (χ1) is 7.32. The zero-order chi connectivity index (χ0) is 12.3. The molecule has 0 radical (unpaired) electrons. The number of sulfonamides is 1. The van der Waals surface area contributed by atoms with Crippen LogP contribution in [0.5, 0.6) is 0 Å². The molecule has 0 unspecified atom stereocenters. The minimum atomic E-state index is -4.15. The molecule has 0 bridgehead atoms. The van der Waals surface area contributed by atoms with Crippen LogP contribution in [0.15, 0.2) is 18.2 Å². The Labute approximate surface area is 95.9 Å². The number of carboxylic acid groups (broad SMARTS) is 1. The second kappa shape index (κ2) is 4.67. The second-order valence-electron chi connectivity index (χ2n) is 2.85. The van der Waals surface area contributed by atoms with Crippen LogP contribution in [0.3, 0.4) is 0 Å². The topological polar surface area (TPSA) is 83.5 Å². The lowest BCUT2D eigenvalue weighted by Crippen LogP contribution is -2.23. The van der Waals surface area contributed by atoms with Crippen LogP contribution < -0.4 is 4.72 Å². The van der Waals surface area contributed by atoms with Crippen LogP contribution in [0.1, 0.15) is 0 Å². The number of halogens is 2. The van der Waals surface area contributed by atoms with E-state index in [-0.39, 0.29) is 5.02 Å². The van der Waals surface area contributed by atoms with Gasteiger partial charge in [0.25, 0.3) is 0 Å². The first kappa shape index (κ1) is 12.7. The molecule has 0 aliphatic carbocycles. The van der Waals surface area contributed by atoms with E-state index in [1.807, 2.05) is 0 Å². The van der Waals surface area contributed by atoms with Gasteiger partial charge in [-0.15, -0.1) is 0 Å². The molecule has 8 heteroatoms. The van der Waals surface area contributed by atoms with Crippen molar-refractivity contribution in [3.05, 3.63) is 29.0 Å². The summed E-state index contributed by atoms with van der Waals surface area (Å²) in [5, 5.41) is 8.18. The fourth-order valence-corrected chi connectivity index (χ4v) is 2.13. The lowest BCUT2D eigenvalue weighted by atomic mass is 10.3. The average Bonchev–Trinajstić information content (AvgIpc) is 2.09. The van der Waals surface area contributed by atoms with Gasteiger partial charge >= 0.3 is 5.97 Å². The predicted molar refractivity (Wildman–Crippen MR) is 56.5 cm³/mol. The van der Waals surface area contributed by atoms with Gasteiger partial charge in [0, 0.05) is 0 Å². The van der Waals surface area contributed by atoms with E-state index in [0.717, 1.165) is 6.07 Å². The smallest absolute Gasteiger partial charge is 0.320 e. The molecule has 0 saturated heterocycles. The number of anilines is 1. The normalized spacial score (nSPS) is 11.1. The van der Waals surface area contributed by atoms with Crippen molar-refractivity contribution in [3.8, 4) is 0 Å². The van der Waals surface area contributed by atoms with Gasteiger partial charge in [-0.1, -0.05) is 17.7 Å². The van der Waals surface area contributed by atoms with E-state index in [2.05, 4.69) is 0 Å². The van der Waals surface area contributed by atoms with Gasteiger partial charge in [-0.05, 0) is 12.1 Å². The number of hydrogen-bond donors (Lipinski definition) is 2. The molecule has 1 rings (SSSR count). The van der Waals surface area contributed by atoms with Crippen molar-refractivity contribution >= 4 is 33.3 Å². The Morgan fingerprint density at radius 3 is 2.62 bits per heavy atom. The van der Waals surface area contributed by atoms with Crippen molar-refractivity contribution in [1.82, 2.24) is 0 Å². The van der Waals surface area contributed by atoms with Crippen molar-refractivity contribution in [2.75, 3.05) is 10.5 Å². The Bertz CT molecular complexity index is 497. The molecule has 0 spiro atoms. The molecule has 0 amide bonds. The highest BCUT2D eigenvalue weighted by Crippen LogP contribution is 2.25. The monoisotopic (exact) mass is 267 g/mol. The molecule has 16 heavy (non-hydrogen) atoms. The Balaban J connectivity index is 3.01. The number of rotatable bonds is 4. The zero-order valence-electron chi connectivity index (χ0n) is 7.78. The zero-order valence-corrected chi connectivity index (χ0v) is 9.35. The van der Waals surface area contributed by atoms with Gasteiger partial charge in [0.15, 0.2) is 5.75 Å². The number of carboxylic acids is 1. The summed E-state index contributed by atoms with van der Waals surface area (Å²) in [6.07, 6.45) is 0. The van der Waals surface area contributed by atoms with Gasteiger partial charge in [-0.3, -0.25) is 9.52 Å². The third-order valence-electron chi connectivity index (χ3n) is 1.53. The first-order valence-corrected chi connectivity index (χ1v) is 6.01. The molecule has 0 fully saturated rings. The van der Waals surface area contributed by atoms with Crippen LogP contribution in [0, 0.1) is 5.82 Å². The summed E-state index contributed by atoms with van der Waals surface area (Å²) in [5.74, 6) is -3.57. The minimum Gasteiger partial charge on any atom is -0.480 e. The molecule has 1 aromatic rings. The number of benzene rings is 1. The van der Waals surface area contributed by atoms with E-state index in [0.29, 0.717) is 0 Å². The first-order valence-electron chi connectivity index (χ1n) is 3.98. The van der Waals surface area contributed by atoms with E-state index in [1.54, 1.807) is 4.72 Å². The number of para-hydroxylation sites is 1. The quantitative estimate of drug-likeness (QED) is 0.861. The van der Waals surface area contributed by atoms with Crippen LogP contribution in [-0.4, -0.2) is 25.2 Å². The van der Waals surface area contributed by atoms with E-state index in [9.17, 15) is 17.6 Å². The summed E-state index contributed by atoms with van der Waals surface area (Å²) < 4.78 is 37.3. The molecular formula is C8H7ClFNO4S. The highest BCUT2D eigenvalue weighted by Gasteiger charge is 2.18. The van der Waals surface area contributed by atoms with Gasteiger partial charge in [0.05, 0.1) is 5.02 Å². The van der Waals surface area contributed by atoms with Crippen LogP contribution in [0.2, 0.25) is 5.02 Å². The standard InChI is InChI=1S/C8H7ClFNO4S/c9-5-2-1-3-6(10)8(5)11-16(14,15)4-7(12)13/h1-3,11H,4H2,(H,12,13).